The van der Waals surface area contributed by atoms with Crippen LogP contribution in [0.4, 0.5) is 13.2 Å². The van der Waals surface area contributed by atoms with Gasteiger partial charge in [0.2, 0.25) is 0 Å². The molecule has 0 fully saturated rings. The number of carbonyl (C=O) groups excluding carboxylic acids is 1. The van der Waals surface area contributed by atoms with Gasteiger partial charge in [-0.15, -0.1) is 0 Å². The van der Waals surface area contributed by atoms with Gasteiger partial charge in [0.1, 0.15) is 6.61 Å². The zero-order chi connectivity index (χ0) is 17.3. The summed E-state index contributed by atoms with van der Waals surface area (Å²) in [6, 6.07) is 0. The highest BCUT2D eigenvalue weighted by atomic mass is 19.4. The Hall–Kier alpha value is -0.740. The molecule has 0 amide bonds. The second-order valence-electron chi connectivity index (χ2n) is 8.36. The summed E-state index contributed by atoms with van der Waals surface area (Å²) in [5, 5.41) is 0. The van der Waals surface area contributed by atoms with Crippen molar-refractivity contribution in [2.75, 3.05) is 6.61 Å². The molecule has 0 rings (SSSR count). The molecule has 0 bridgehead atoms. The molecule has 2 unspecified atom stereocenters. The van der Waals surface area contributed by atoms with Crippen LogP contribution in [0.25, 0.3) is 0 Å². The maximum atomic E-state index is 12.5. The van der Waals surface area contributed by atoms with Crippen molar-refractivity contribution >= 4 is 5.97 Å². The predicted molar refractivity (Wildman–Crippen MR) is 77.8 cm³/mol. The highest BCUT2D eigenvalue weighted by Crippen LogP contribution is 2.47. The molecule has 5 heteroatoms. The number of halogens is 3. The standard InChI is InChI=1S/C16H29F3O2/c1-11(16(17,18)19)9-21-12(20)15(8,14(5,6)7)10-13(2,3)4/h11H,9-10H2,1-8H3. The number of rotatable bonds is 4. The van der Waals surface area contributed by atoms with E-state index in [-0.39, 0.29) is 5.41 Å². The van der Waals surface area contributed by atoms with Gasteiger partial charge in [0.25, 0.3) is 0 Å². The van der Waals surface area contributed by atoms with E-state index in [9.17, 15) is 18.0 Å². The van der Waals surface area contributed by atoms with E-state index in [1.54, 1.807) is 6.92 Å². The van der Waals surface area contributed by atoms with Gasteiger partial charge in [-0.3, -0.25) is 4.79 Å². The van der Waals surface area contributed by atoms with Crippen molar-refractivity contribution in [3.05, 3.63) is 0 Å². The molecule has 0 aliphatic heterocycles. The van der Waals surface area contributed by atoms with Gasteiger partial charge in [-0.25, -0.2) is 0 Å². The summed E-state index contributed by atoms with van der Waals surface area (Å²) in [6.45, 7) is 13.9. The second kappa shape index (κ2) is 6.17. The van der Waals surface area contributed by atoms with Crippen LogP contribution in [0.5, 0.6) is 0 Å². The third kappa shape index (κ3) is 5.87. The minimum Gasteiger partial charge on any atom is -0.465 e. The van der Waals surface area contributed by atoms with Crippen LogP contribution in [0.1, 0.15) is 61.8 Å². The van der Waals surface area contributed by atoms with E-state index in [2.05, 4.69) is 0 Å². The van der Waals surface area contributed by atoms with Gasteiger partial charge >= 0.3 is 12.1 Å². The van der Waals surface area contributed by atoms with Gasteiger partial charge in [-0.1, -0.05) is 48.5 Å². The molecule has 0 aliphatic carbocycles. The van der Waals surface area contributed by atoms with Crippen molar-refractivity contribution in [1.29, 1.82) is 0 Å². The number of carbonyl (C=O) groups is 1. The summed E-state index contributed by atoms with van der Waals surface area (Å²) in [5.41, 5.74) is -1.37. The van der Waals surface area contributed by atoms with E-state index in [0.717, 1.165) is 6.92 Å². The summed E-state index contributed by atoms with van der Waals surface area (Å²) < 4.78 is 42.5. The molecule has 126 valence electrons. The maximum Gasteiger partial charge on any atom is 0.394 e. The molecule has 0 aromatic carbocycles. The molecule has 21 heavy (non-hydrogen) atoms. The number of hydrogen-bond acceptors (Lipinski definition) is 2. The molecule has 0 aromatic rings. The summed E-state index contributed by atoms with van der Waals surface area (Å²) >= 11 is 0. The monoisotopic (exact) mass is 310 g/mol. The number of alkyl halides is 3. The molecule has 0 heterocycles. The highest BCUT2D eigenvalue weighted by Gasteiger charge is 2.48. The molecule has 2 atom stereocenters. The average molecular weight is 310 g/mol. The van der Waals surface area contributed by atoms with E-state index in [1.165, 1.54) is 0 Å². The SMILES string of the molecule is CC(COC(=O)C(C)(CC(C)(C)C)C(C)(C)C)C(F)(F)F. The topological polar surface area (TPSA) is 26.3 Å². The quantitative estimate of drug-likeness (QED) is 0.666. The normalized spacial score (nSPS) is 18.0. The van der Waals surface area contributed by atoms with Crippen molar-refractivity contribution in [3.63, 3.8) is 0 Å². The smallest absolute Gasteiger partial charge is 0.394 e. The molecular weight excluding hydrogens is 281 g/mol. The average Bonchev–Trinajstić information content (AvgIpc) is 2.19. The molecular formula is C16H29F3O2. The first-order valence-electron chi connectivity index (χ1n) is 7.25. The van der Waals surface area contributed by atoms with Crippen LogP contribution in [0.3, 0.4) is 0 Å². The molecule has 0 saturated carbocycles. The third-order valence-corrected chi connectivity index (χ3v) is 4.01. The summed E-state index contributed by atoms with van der Waals surface area (Å²) in [4.78, 5) is 12.4. The Morgan fingerprint density at radius 2 is 1.43 bits per heavy atom. The van der Waals surface area contributed by atoms with Gasteiger partial charge in [0, 0.05) is 0 Å². The molecule has 0 N–H and O–H groups in total. The molecule has 0 aliphatic rings. The van der Waals surface area contributed by atoms with Crippen LogP contribution in [0.15, 0.2) is 0 Å². The van der Waals surface area contributed by atoms with Crippen molar-refractivity contribution in [2.45, 2.75) is 68.0 Å². The second-order valence-corrected chi connectivity index (χ2v) is 8.36. The summed E-state index contributed by atoms with van der Waals surface area (Å²) in [5.74, 6) is -2.21. The van der Waals surface area contributed by atoms with Crippen molar-refractivity contribution in [2.24, 2.45) is 22.2 Å². The minimum absolute atomic E-state index is 0.128. The van der Waals surface area contributed by atoms with Crippen LogP contribution in [-0.2, 0) is 9.53 Å². The van der Waals surface area contributed by atoms with Gasteiger partial charge in [-0.2, -0.15) is 13.2 Å². The molecule has 2 nitrogen and oxygen atoms in total. The lowest BCUT2D eigenvalue weighted by molar-refractivity contribution is -0.193. The number of hydrogen-bond donors (Lipinski definition) is 0. The van der Waals surface area contributed by atoms with E-state index in [4.69, 9.17) is 4.74 Å². The van der Waals surface area contributed by atoms with Gasteiger partial charge in [-0.05, 0) is 24.2 Å². The Morgan fingerprint density at radius 1 is 1.00 bits per heavy atom. The van der Waals surface area contributed by atoms with Gasteiger partial charge < -0.3 is 4.74 Å². The van der Waals surface area contributed by atoms with Crippen LogP contribution >= 0.6 is 0 Å². The minimum atomic E-state index is -4.34. The Bertz CT molecular complexity index is 361. The lowest BCUT2D eigenvalue weighted by Crippen LogP contribution is -2.45. The Kier molecular flexibility index (Phi) is 5.95. The fraction of sp³-hybridized carbons (Fsp3) is 0.938. The molecule has 0 saturated heterocycles. The fourth-order valence-electron chi connectivity index (χ4n) is 2.16. The fourth-order valence-corrected chi connectivity index (χ4v) is 2.16. The van der Waals surface area contributed by atoms with E-state index < -0.39 is 35.5 Å². The number of ether oxygens (including phenoxy) is 1. The zero-order valence-corrected chi connectivity index (χ0v) is 14.4. The van der Waals surface area contributed by atoms with Crippen molar-refractivity contribution in [1.82, 2.24) is 0 Å². The molecule has 0 aromatic heterocycles. The Labute approximate surface area is 126 Å². The Balaban J connectivity index is 5.09. The predicted octanol–water partition coefficient (Wildman–Crippen LogP) is 5.22. The van der Waals surface area contributed by atoms with Gasteiger partial charge in [0.05, 0.1) is 11.3 Å². The van der Waals surface area contributed by atoms with Crippen LogP contribution < -0.4 is 0 Å². The summed E-state index contributed by atoms with van der Waals surface area (Å²) in [7, 11) is 0. The van der Waals surface area contributed by atoms with Gasteiger partial charge in [0.15, 0.2) is 0 Å². The van der Waals surface area contributed by atoms with Crippen molar-refractivity contribution in [3.8, 4) is 0 Å². The van der Waals surface area contributed by atoms with Crippen LogP contribution in [0, 0.1) is 22.2 Å². The highest BCUT2D eigenvalue weighted by molar-refractivity contribution is 5.77. The third-order valence-electron chi connectivity index (χ3n) is 4.01. The largest absolute Gasteiger partial charge is 0.465 e. The van der Waals surface area contributed by atoms with Crippen LogP contribution in [0.2, 0.25) is 0 Å². The Morgan fingerprint density at radius 3 is 1.71 bits per heavy atom. The van der Waals surface area contributed by atoms with E-state index in [1.807, 2.05) is 41.5 Å². The maximum absolute atomic E-state index is 12.5. The van der Waals surface area contributed by atoms with Crippen LogP contribution in [-0.4, -0.2) is 18.8 Å². The van der Waals surface area contributed by atoms with E-state index in [0.29, 0.717) is 6.42 Å². The number of esters is 1. The molecule has 0 spiro atoms. The zero-order valence-electron chi connectivity index (χ0n) is 14.4. The lowest BCUT2D eigenvalue weighted by atomic mass is 9.61. The first kappa shape index (κ1) is 20.3. The van der Waals surface area contributed by atoms with Crippen molar-refractivity contribution < 1.29 is 22.7 Å². The first-order chi connectivity index (χ1) is 9.01. The summed E-state index contributed by atoms with van der Waals surface area (Å²) in [6.07, 6.45) is -3.80. The lowest BCUT2D eigenvalue weighted by Gasteiger charge is -2.43. The first-order valence-corrected chi connectivity index (χ1v) is 7.25. The van der Waals surface area contributed by atoms with E-state index >= 15 is 0 Å². The molecule has 0 radical (unpaired) electrons.